The van der Waals surface area contributed by atoms with Crippen LogP contribution in [-0.2, 0) is 13.1 Å². The highest BCUT2D eigenvalue weighted by atomic mass is 15.3. The van der Waals surface area contributed by atoms with Crippen molar-refractivity contribution in [3.05, 3.63) is 29.6 Å². The average Bonchev–Trinajstić information content (AvgIpc) is 2.83. The lowest BCUT2D eigenvalue weighted by Gasteiger charge is -2.13. The second kappa shape index (κ2) is 6.60. The zero-order chi connectivity index (χ0) is 11.9. The van der Waals surface area contributed by atoms with Gasteiger partial charge >= 0.3 is 0 Å². The molecule has 0 spiro atoms. The Kier molecular flexibility index (Phi) is 4.80. The first kappa shape index (κ1) is 12.4. The van der Waals surface area contributed by atoms with Gasteiger partial charge in [-0.2, -0.15) is 5.10 Å². The van der Waals surface area contributed by atoms with Gasteiger partial charge in [0.05, 0.1) is 5.69 Å². The van der Waals surface area contributed by atoms with E-state index in [-0.39, 0.29) is 0 Å². The van der Waals surface area contributed by atoms with Gasteiger partial charge in [-0.25, -0.2) is 0 Å². The maximum Gasteiger partial charge on any atom is 0.0521 e. The molecule has 0 fully saturated rings. The molecule has 0 aromatic carbocycles. The van der Waals surface area contributed by atoms with Gasteiger partial charge in [0.15, 0.2) is 0 Å². The van der Waals surface area contributed by atoms with Gasteiger partial charge in [-0.1, -0.05) is 11.6 Å². The van der Waals surface area contributed by atoms with Crippen molar-refractivity contribution in [2.75, 3.05) is 6.54 Å². The molecule has 0 bridgehead atoms. The molecule has 0 unspecified atom stereocenters. The van der Waals surface area contributed by atoms with E-state index in [9.17, 15) is 0 Å². The van der Waals surface area contributed by atoms with Gasteiger partial charge in [0.2, 0.25) is 0 Å². The summed E-state index contributed by atoms with van der Waals surface area (Å²) in [7, 11) is 0. The van der Waals surface area contributed by atoms with Crippen LogP contribution in [0.5, 0.6) is 0 Å². The molecule has 0 aliphatic heterocycles. The number of allylic oxidation sites excluding steroid dienone is 1. The van der Waals surface area contributed by atoms with Gasteiger partial charge in [-0.05, 0) is 51.6 Å². The fourth-order valence-electron chi connectivity index (χ4n) is 2.39. The summed E-state index contributed by atoms with van der Waals surface area (Å²) in [6, 6.07) is 2.09. The van der Waals surface area contributed by atoms with Crippen molar-refractivity contribution in [1.29, 1.82) is 0 Å². The third-order valence-corrected chi connectivity index (χ3v) is 3.42. The van der Waals surface area contributed by atoms with Crippen LogP contribution in [0.2, 0.25) is 0 Å². The van der Waals surface area contributed by atoms with Crippen molar-refractivity contribution in [3.8, 4) is 0 Å². The summed E-state index contributed by atoms with van der Waals surface area (Å²) in [5.74, 6) is 0. The van der Waals surface area contributed by atoms with Crippen LogP contribution < -0.4 is 5.32 Å². The summed E-state index contributed by atoms with van der Waals surface area (Å²) >= 11 is 0. The molecule has 0 saturated heterocycles. The maximum absolute atomic E-state index is 4.27. The Morgan fingerprint density at radius 1 is 1.41 bits per heavy atom. The maximum atomic E-state index is 4.27. The Labute approximate surface area is 104 Å². The summed E-state index contributed by atoms with van der Waals surface area (Å²) in [4.78, 5) is 0. The zero-order valence-electron chi connectivity index (χ0n) is 10.8. The van der Waals surface area contributed by atoms with Crippen LogP contribution in [0, 0.1) is 0 Å². The van der Waals surface area contributed by atoms with Gasteiger partial charge < -0.3 is 5.32 Å². The summed E-state index contributed by atoms with van der Waals surface area (Å²) in [5, 5.41) is 7.78. The molecule has 0 amide bonds. The van der Waals surface area contributed by atoms with E-state index in [0.717, 1.165) is 19.6 Å². The van der Waals surface area contributed by atoms with Crippen LogP contribution >= 0.6 is 0 Å². The quantitative estimate of drug-likeness (QED) is 0.605. The van der Waals surface area contributed by atoms with E-state index >= 15 is 0 Å². The minimum Gasteiger partial charge on any atom is -0.311 e. The highest BCUT2D eigenvalue weighted by Crippen LogP contribution is 2.19. The molecule has 1 heterocycles. The Bertz CT molecular complexity index is 365. The molecule has 1 aliphatic rings. The Balaban J connectivity index is 1.67. The first-order chi connectivity index (χ1) is 8.40. The standard InChI is InChI=1S/C14H23N3/c1-2-17-14(9-11-16-17)12-15-10-8-13-6-4-3-5-7-13/h6,9,11,15H,2-5,7-8,10,12H2,1H3. The van der Waals surface area contributed by atoms with Crippen molar-refractivity contribution in [3.63, 3.8) is 0 Å². The molecule has 2 rings (SSSR count). The van der Waals surface area contributed by atoms with Crippen LogP contribution in [0.25, 0.3) is 0 Å². The van der Waals surface area contributed by atoms with E-state index in [1.54, 1.807) is 5.57 Å². The predicted molar refractivity (Wildman–Crippen MR) is 70.8 cm³/mol. The lowest BCUT2D eigenvalue weighted by atomic mass is 9.97. The number of aryl methyl sites for hydroxylation is 1. The molecular formula is C14H23N3. The fourth-order valence-corrected chi connectivity index (χ4v) is 2.39. The largest absolute Gasteiger partial charge is 0.311 e. The van der Waals surface area contributed by atoms with E-state index in [2.05, 4.69) is 29.5 Å². The molecule has 1 aromatic rings. The number of hydrogen-bond acceptors (Lipinski definition) is 2. The van der Waals surface area contributed by atoms with Crippen molar-refractivity contribution in [2.24, 2.45) is 0 Å². The number of hydrogen-bond donors (Lipinski definition) is 1. The molecule has 0 saturated carbocycles. The highest BCUT2D eigenvalue weighted by molar-refractivity contribution is 5.05. The van der Waals surface area contributed by atoms with E-state index in [1.165, 1.54) is 37.8 Å². The minimum atomic E-state index is 0.932. The second-order valence-corrected chi connectivity index (χ2v) is 4.67. The van der Waals surface area contributed by atoms with E-state index in [1.807, 2.05) is 10.9 Å². The monoisotopic (exact) mass is 233 g/mol. The van der Waals surface area contributed by atoms with Gasteiger partial charge in [-0.15, -0.1) is 0 Å². The second-order valence-electron chi connectivity index (χ2n) is 4.67. The lowest BCUT2D eigenvalue weighted by molar-refractivity contribution is 0.575. The minimum absolute atomic E-state index is 0.932. The van der Waals surface area contributed by atoms with Crippen LogP contribution in [0.15, 0.2) is 23.9 Å². The van der Waals surface area contributed by atoms with Gasteiger partial charge in [0.1, 0.15) is 0 Å². The smallest absolute Gasteiger partial charge is 0.0521 e. The average molecular weight is 233 g/mol. The molecule has 1 N–H and O–H groups in total. The van der Waals surface area contributed by atoms with Gasteiger partial charge in [0.25, 0.3) is 0 Å². The van der Waals surface area contributed by atoms with Gasteiger partial charge in [0, 0.05) is 19.3 Å². The van der Waals surface area contributed by atoms with Crippen molar-refractivity contribution < 1.29 is 0 Å². The lowest BCUT2D eigenvalue weighted by Crippen LogP contribution is -2.18. The van der Waals surface area contributed by atoms with Crippen LogP contribution in [0.4, 0.5) is 0 Å². The molecule has 0 atom stereocenters. The van der Waals surface area contributed by atoms with E-state index < -0.39 is 0 Å². The highest BCUT2D eigenvalue weighted by Gasteiger charge is 2.03. The molecule has 1 aliphatic carbocycles. The SMILES string of the molecule is CCn1nccc1CNCCC1=CCCCC1. The number of aromatic nitrogens is 2. The number of rotatable bonds is 6. The molecular weight excluding hydrogens is 210 g/mol. The molecule has 3 nitrogen and oxygen atoms in total. The van der Waals surface area contributed by atoms with Crippen molar-refractivity contribution >= 4 is 0 Å². The first-order valence-corrected chi connectivity index (χ1v) is 6.79. The number of nitrogens with one attached hydrogen (secondary N) is 1. The molecule has 94 valence electrons. The topological polar surface area (TPSA) is 29.9 Å². The Morgan fingerprint density at radius 3 is 3.12 bits per heavy atom. The Morgan fingerprint density at radius 2 is 2.35 bits per heavy atom. The summed E-state index contributed by atoms with van der Waals surface area (Å²) < 4.78 is 2.05. The third-order valence-electron chi connectivity index (χ3n) is 3.42. The molecule has 3 heteroatoms. The van der Waals surface area contributed by atoms with Crippen molar-refractivity contribution in [1.82, 2.24) is 15.1 Å². The van der Waals surface area contributed by atoms with Crippen molar-refractivity contribution in [2.45, 2.75) is 52.1 Å². The Hall–Kier alpha value is -1.09. The fraction of sp³-hybridized carbons (Fsp3) is 0.643. The number of nitrogens with zero attached hydrogens (tertiary/aromatic N) is 2. The molecule has 1 aromatic heterocycles. The van der Waals surface area contributed by atoms with Gasteiger partial charge in [-0.3, -0.25) is 4.68 Å². The molecule has 17 heavy (non-hydrogen) atoms. The summed E-state index contributed by atoms with van der Waals surface area (Å²) in [5.41, 5.74) is 2.93. The third kappa shape index (κ3) is 3.70. The normalized spacial score (nSPS) is 15.9. The van der Waals surface area contributed by atoms with Crippen LogP contribution in [0.1, 0.15) is 44.7 Å². The van der Waals surface area contributed by atoms with E-state index in [0.29, 0.717) is 0 Å². The predicted octanol–water partition coefficient (Wildman–Crippen LogP) is 2.88. The van der Waals surface area contributed by atoms with Crippen LogP contribution in [-0.4, -0.2) is 16.3 Å². The zero-order valence-corrected chi connectivity index (χ0v) is 10.8. The summed E-state index contributed by atoms with van der Waals surface area (Å²) in [6.45, 7) is 5.10. The van der Waals surface area contributed by atoms with E-state index in [4.69, 9.17) is 0 Å². The van der Waals surface area contributed by atoms with Crippen LogP contribution in [0.3, 0.4) is 0 Å². The first-order valence-electron chi connectivity index (χ1n) is 6.79. The summed E-state index contributed by atoms with van der Waals surface area (Å²) in [6.07, 6.45) is 10.9. The molecule has 0 radical (unpaired) electrons.